The number of aliphatic carboxylic acids is 1. The zero-order valence-corrected chi connectivity index (χ0v) is 12.8. The Balaban J connectivity index is 4.51. The van der Waals surface area contributed by atoms with Gasteiger partial charge in [0.2, 0.25) is 0 Å². The molecule has 0 aliphatic rings. The normalized spacial score (nSPS) is 13.6. The summed E-state index contributed by atoms with van der Waals surface area (Å²) < 4.78 is 31.4. The molecule has 1 atom stereocenters. The lowest BCUT2D eigenvalue weighted by molar-refractivity contribution is -0.137. The molecule has 0 spiro atoms. The van der Waals surface area contributed by atoms with E-state index < -0.39 is 33.8 Å². The molecule has 0 aromatic rings. The predicted molar refractivity (Wildman–Crippen MR) is 70.8 cm³/mol. The summed E-state index contributed by atoms with van der Waals surface area (Å²) in [6.07, 6.45) is -0.0862. The fourth-order valence-corrected chi connectivity index (χ4v) is 1.59. The average Bonchev–Trinajstić information content (AvgIpc) is 2.17. The third kappa shape index (κ3) is 11.7. The van der Waals surface area contributed by atoms with Crippen molar-refractivity contribution in [3.63, 3.8) is 0 Å². The van der Waals surface area contributed by atoms with Crippen molar-refractivity contribution in [3.05, 3.63) is 0 Å². The minimum absolute atomic E-state index is 0.0318. The largest absolute Gasteiger partial charge is 0.481 e. The Morgan fingerprint density at radius 3 is 2.25 bits per heavy atom. The minimum atomic E-state index is -3.67. The number of alkyl carbamates (subject to hydrolysis) is 1. The summed E-state index contributed by atoms with van der Waals surface area (Å²) in [6.45, 7) is 4.68. The van der Waals surface area contributed by atoms with E-state index in [9.17, 15) is 18.0 Å². The van der Waals surface area contributed by atoms with Gasteiger partial charge in [-0.15, -0.1) is 0 Å². The van der Waals surface area contributed by atoms with E-state index in [1.54, 1.807) is 20.8 Å². The molecule has 20 heavy (non-hydrogen) atoms. The van der Waals surface area contributed by atoms with Crippen molar-refractivity contribution in [2.24, 2.45) is 0 Å². The number of carbonyl (C=O) groups excluding carboxylic acids is 1. The maximum absolute atomic E-state index is 11.6. The number of amides is 1. The van der Waals surface area contributed by atoms with Crippen LogP contribution in [-0.4, -0.2) is 50.1 Å². The van der Waals surface area contributed by atoms with E-state index in [4.69, 9.17) is 9.84 Å². The van der Waals surface area contributed by atoms with E-state index in [1.165, 1.54) is 0 Å². The highest BCUT2D eigenvalue weighted by Gasteiger charge is 2.21. The van der Waals surface area contributed by atoms with Gasteiger partial charge in [-0.25, -0.2) is 4.79 Å². The van der Waals surface area contributed by atoms with Gasteiger partial charge in [-0.2, -0.15) is 8.42 Å². The molecule has 9 heteroatoms. The molecule has 1 amide bonds. The molecule has 2 N–H and O–H groups in total. The molecule has 0 aliphatic heterocycles. The van der Waals surface area contributed by atoms with Crippen LogP contribution in [0.1, 0.15) is 33.6 Å². The second-order valence-electron chi connectivity index (χ2n) is 5.26. The molecule has 0 heterocycles. The van der Waals surface area contributed by atoms with Crippen molar-refractivity contribution in [3.8, 4) is 0 Å². The van der Waals surface area contributed by atoms with Crippen molar-refractivity contribution in [2.45, 2.75) is 45.3 Å². The lowest BCUT2D eigenvalue weighted by Crippen LogP contribution is -2.42. The Morgan fingerprint density at radius 2 is 1.85 bits per heavy atom. The fraction of sp³-hybridized carbons (Fsp3) is 0.818. The van der Waals surface area contributed by atoms with Crippen LogP contribution in [0.25, 0.3) is 0 Å². The molecular formula is C11H21NO7S. The maximum Gasteiger partial charge on any atom is 0.407 e. The molecule has 0 saturated heterocycles. The monoisotopic (exact) mass is 311 g/mol. The first-order valence-electron chi connectivity index (χ1n) is 5.95. The number of nitrogens with one attached hydrogen (secondary N) is 1. The topological polar surface area (TPSA) is 119 Å². The molecule has 0 aromatic carbocycles. The van der Waals surface area contributed by atoms with Crippen LogP contribution in [0.5, 0.6) is 0 Å². The lowest BCUT2D eigenvalue weighted by atomic mass is 10.1. The van der Waals surface area contributed by atoms with E-state index in [0.717, 1.165) is 6.26 Å². The van der Waals surface area contributed by atoms with Crippen molar-refractivity contribution in [1.82, 2.24) is 5.32 Å². The Hall–Kier alpha value is -1.35. The average molecular weight is 311 g/mol. The van der Waals surface area contributed by atoms with Gasteiger partial charge in [0.25, 0.3) is 10.1 Å². The van der Waals surface area contributed by atoms with E-state index in [0.29, 0.717) is 0 Å². The van der Waals surface area contributed by atoms with E-state index in [2.05, 4.69) is 9.50 Å². The van der Waals surface area contributed by atoms with Gasteiger partial charge in [-0.3, -0.25) is 8.98 Å². The minimum Gasteiger partial charge on any atom is -0.481 e. The smallest absolute Gasteiger partial charge is 0.407 e. The van der Waals surface area contributed by atoms with Crippen LogP contribution in [0.3, 0.4) is 0 Å². The lowest BCUT2D eigenvalue weighted by Gasteiger charge is -2.23. The first-order valence-corrected chi connectivity index (χ1v) is 7.76. The molecule has 0 rings (SSSR count). The first kappa shape index (κ1) is 18.7. The molecular weight excluding hydrogens is 290 g/mol. The van der Waals surface area contributed by atoms with Gasteiger partial charge < -0.3 is 15.2 Å². The van der Waals surface area contributed by atoms with Gasteiger partial charge >= 0.3 is 12.1 Å². The highest BCUT2D eigenvalue weighted by molar-refractivity contribution is 7.85. The van der Waals surface area contributed by atoms with Crippen molar-refractivity contribution in [2.75, 3.05) is 12.9 Å². The first-order chi connectivity index (χ1) is 8.89. The van der Waals surface area contributed by atoms with Crippen LogP contribution >= 0.6 is 0 Å². The number of carboxylic acid groups (broad SMARTS) is 1. The third-order valence-corrected chi connectivity index (χ3v) is 2.48. The van der Waals surface area contributed by atoms with Crippen molar-refractivity contribution < 1.29 is 32.0 Å². The second-order valence-corrected chi connectivity index (χ2v) is 6.91. The Morgan fingerprint density at radius 1 is 1.30 bits per heavy atom. The summed E-state index contributed by atoms with van der Waals surface area (Å²) in [5.74, 6) is -1.06. The van der Waals surface area contributed by atoms with E-state index in [-0.39, 0.29) is 19.4 Å². The zero-order valence-electron chi connectivity index (χ0n) is 12.0. The SMILES string of the molecule is CC(C)(C)OC(=O)NC(CCC(=O)O)COS(C)(=O)=O. The summed E-state index contributed by atoms with van der Waals surface area (Å²) in [5.41, 5.74) is -0.709. The quantitative estimate of drug-likeness (QED) is 0.665. The molecule has 0 fully saturated rings. The molecule has 0 aromatic heterocycles. The van der Waals surface area contributed by atoms with E-state index >= 15 is 0 Å². The Bertz CT molecular complexity index is 438. The summed E-state index contributed by atoms with van der Waals surface area (Å²) >= 11 is 0. The van der Waals surface area contributed by atoms with Crippen LogP contribution in [0.4, 0.5) is 4.79 Å². The number of rotatable bonds is 7. The summed E-state index contributed by atoms with van der Waals surface area (Å²) in [6, 6.07) is -0.768. The van der Waals surface area contributed by atoms with Gasteiger partial charge in [-0.05, 0) is 27.2 Å². The number of carboxylic acids is 1. The molecule has 8 nitrogen and oxygen atoms in total. The molecule has 0 bridgehead atoms. The Labute approximate surface area is 118 Å². The molecule has 1 unspecified atom stereocenters. The van der Waals surface area contributed by atoms with Gasteiger partial charge in [0.1, 0.15) is 5.60 Å². The number of hydrogen-bond donors (Lipinski definition) is 2. The molecule has 118 valence electrons. The standard InChI is InChI=1S/C11H21NO7S/c1-11(2,3)19-10(15)12-8(5-6-9(13)14)7-18-20(4,16)17/h8H,5-7H2,1-4H3,(H,12,15)(H,13,14). The fourth-order valence-electron chi connectivity index (χ4n) is 1.17. The molecule has 0 aliphatic carbocycles. The van der Waals surface area contributed by atoms with Crippen LogP contribution in [-0.2, 0) is 23.8 Å². The summed E-state index contributed by atoms with van der Waals surface area (Å²) in [7, 11) is -3.67. The van der Waals surface area contributed by atoms with Crippen molar-refractivity contribution in [1.29, 1.82) is 0 Å². The number of carbonyl (C=O) groups is 2. The van der Waals surface area contributed by atoms with Gasteiger partial charge in [0.15, 0.2) is 0 Å². The third-order valence-electron chi connectivity index (χ3n) is 1.91. The number of ether oxygens (including phenoxy) is 1. The van der Waals surface area contributed by atoms with Gasteiger partial charge in [-0.1, -0.05) is 0 Å². The van der Waals surface area contributed by atoms with Crippen LogP contribution < -0.4 is 5.32 Å². The number of hydrogen-bond acceptors (Lipinski definition) is 6. The van der Waals surface area contributed by atoms with Gasteiger partial charge in [0.05, 0.1) is 18.9 Å². The highest BCUT2D eigenvalue weighted by atomic mass is 32.2. The molecule has 0 saturated carbocycles. The van der Waals surface area contributed by atoms with E-state index in [1.807, 2.05) is 0 Å². The van der Waals surface area contributed by atoms with Crippen LogP contribution in [0.15, 0.2) is 0 Å². The Kier molecular flexibility index (Phi) is 6.94. The summed E-state index contributed by atoms with van der Waals surface area (Å²) in [4.78, 5) is 22.1. The van der Waals surface area contributed by atoms with Crippen molar-refractivity contribution >= 4 is 22.2 Å². The second kappa shape index (κ2) is 7.44. The molecule has 0 radical (unpaired) electrons. The maximum atomic E-state index is 11.6. The van der Waals surface area contributed by atoms with Crippen LogP contribution in [0.2, 0.25) is 0 Å². The highest BCUT2D eigenvalue weighted by Crippen LogP contribution is 2.08. The predicted octanol–water partition coefficient (Wildman–Crippen LogP) is 0.721. The summed E-state index contributed by atoms with van der Waals surface area (Å²) in [5, 5.41) is 11.0. The van der Waals surface area contributed by atoms with Gasteiger partial charge in [0, 0.05) is 6.42 Å². The van der Waals surface area contributed by atoms with Crippen LogP contribution in [0, 0.1) is 0 Å². The zero-order chi connectivity index (χ0) is 16.0.